The Kier molecular flexibility index (Phi) is 7.79. The monoisotopic (exact) mass is 540 g/mol. The van der Waals surface area contributed by atoms with Gasteiger partial charge in [-0.05, 0) is 44.6 Å². The number of carbonyl (C=O) groups is 1. The number of piperidine rings is 1. The Labute approximate surface area is 231 Å². The number of rotatable bonds is 4. The van der Waals surface area contributed by atoms with E-state index in [0.29, 0.717) is 17.5 Å². The second kappa shape index (κ2) is 11.3. The molecule has 4 N–H and O–H groups in total. The number of nitrogens with two attached hydrogens (primary N) is 1. The van der Waals surface area contributed by atoms with E-state index in [1.165, 1.54) is 68.5 Å². The smallest absolute Gasteiger partial charge is 0.259 e. The van der Waals surface area contributed by atoms with Crippen LogP contribution >= 0.6 is 0 Å². The molecule has 2 aromatic rings. The Bertz CT molecular complexity index is 1150. The van der Waals surface area contributed by atoms with Crippen molar-refractivity contribution in [2.75, 3.05) is 45.5 Å². The summed E-state index contributed by atoms with van der Waals surface area (Å²) in [6.45, 7) is 5.16. The van der Waals surface area contributed by atoms with Crippen LogP contribution in [0.5, 0.6) is 0 Å². The Morgan fingerprint density at radius 2 is 1.74 bits per heavy atom. The van der Waals surface area contributed by atoms with Crippen LogP contribution < -0.4 is 16.4 Å². The molecule has 4 aliphatic rings. The van der Waals surface area contributed by atoms with Crippen LogP contribution in [0.2, 0.25) is 0 Å². The van der Waals surface area contributed by atoms with E-state index in [2.05, 4.69) is 37.6 Å². The third kappa shape index (κ3) is 5.52. The Hall–Kier alpha value is -2.30. The van der Waals surface area contributed by atoms with Gasteiger partial charge in [0.15, 0.2) is 17.3 Å². The summed E-state index contributed by atoms with van der Waals surface area (Å²) in [6, 6.07) is 0.217. The van der Waals surface area contributed by atoms with E-state index in [0.717, 1.165) is 51.8 Å². The molecule has 0 aromatic carbocycles. The first-order valence-corrected chi connectivity index (χ1v) is 15.2. The van der Waals surface area contributed by atoms with Crippen LogP contribution in [0.25, 0.3) is 5.65 Å². The van der Waals surface area contributed by atoms with Gasteiger partial charge >= 0.3 is 0 Å². The number of hydrogen-bond acceptors (Lipinski definition) is 7. The number of nitrogen functional groups attached to an aromatic ring is 1. The number of fused-ring (bicyclic) bond motifs is 1. The van der Waals surface area contributed by atoms with Crippen LogP contribution in [0.15, 0.2) is 12.4 Å². The first-order valence-electron chi connectivity index (χ1n) is 15.2. The maximum Gasteiger partial charge on any atom is 0.259 e. The molecule has 1 amide bonds. The summed E-state index contributed by atoms with van der Waals surface area (Å²) in [5, 5.41) is 11.9. The lowest BCUT2D eigenvalue weighted by Gasteiger charge is -2.56. The zero-order valence-electron chi connectivity index (χ0n) is 23.4. The Balaban J connectivity index is 1.38. The van der Waals surface area contributed by atoms with Gasteiger partial charge in [-0.1, -0.05) is 44.9 Å². The van der Waals surface area contributed by atoms with Crippen molar-refractivity contribution in [2.45, 2.75) is 88.3 Å². The minimum Gasteiger partial charge on any atom is -0.381 e. The second-order valence-electron chi connectivity index (χ2n) is 12.6. The van der Waals surface area contributed by atoms with E-state index in [1.807, 2.05) is 0 Å². The highest BCUT2D eigenvalue weighted by Gasteiger charge is 2.54. The maximum absolute atomic E-state index is 14.1. The van der Waals surface area contributed by atoms with Gasteiger partial charge in [-0.2, -0.15) is 0 Å². The number of halogens is 1. The number of amides is 1. The van der Waals surface area contributed by atoms with Gasteiger partial charge in [0, 0.05) is 44.3 Å². The van der Waals surface area contributed by atoms with Crippen LogP contribution in [-0.2, 0) is 0 Å². The van der Waals surface area contributed by atoms with E-state index >= 15 is 0 Å². The van der Waals surface area contributed by atoms with Gasteiger partial charge in [-0.3, -0.25) is 9.69 Å². The molecule has 2 saturated heterocycles. The predicted molar refractivity (Wildman–Crippen MR) is 150 cm³/mol. The summed E-state index contributed by atoms with van der Waals surface area (Å²) in [5.74, 6) is 0.541. The van der Waals surface area contributed by atoms with Gasteiger partial charge < -0.3 is 21.3 Å². The molecule has 2 aromatic heterocycles. The fraction of sp³-hybridized carbons (Fsp3) is 0.759. The molecule has 6 rings (SSSR count). The molecule has 9 nitrogen and oxygen atoms in total. The average molecular weight is 541 g/mol. The molecule has 2 aliphatic carbocycles. The highest BCUT2D eigenvalue weighted by Crippen LogP contribution is 2.46. The number of likely N-dealkylation sites (N-methyl/N-ethyl adjacent to an activating group) is 1. The quantitative estimate of drug-likeness (QED) is 0.548. The molecule has 214 valence electrons. The van der Waals surface area contributed by atoms with Crippen molar-refractivity contribution in [1.29, 1.82) is 0 Å². The topological polar surface area (TPSA) is 104 Å². The molecule has 3 unspecified atom stereocenters. The Morgan fingerprint density at radius 3 is 2.41 bits per heavy atom. The molecule has 0 bridgehead atoms. The molecule has 1 spiro atoms. The van der Waals surface area contributed by atoms with Gasteiger partial charge in [-0.25, -0.2) is 13.9 Å². The van der Waals surface area contributed by atoms with Crippen molar-refractivity contribution in [3.05, 3.63) is 23.8 Å². The van der Waals surface area contributed by atoms with Gasteiger partial charge in [0.2, 0.25) is 0 Å². The van der Waals surface area contributed by atoms with Crippen molar-refractivity contribution < 1.29 is 9.18 Å². The van der Waals surface area contributed by atoms with E-state index in [9.17, 15) is 9.18 Å². The summed E-state index contributed by atoms with van der Waals surface area (Å²) in [6.07, 6.45) is 15.8. The normalized spacial score (nSPS) is 29.4. The largest absolute Gasteiger partial charge is 0.381 e. The van der Waals surface area contributed by atoms with E-state index < -0.39 is 5.82 Å². The SMILES string of the molecule is CN1CCN(C2C(C3CC3)CNC3(CCCCCCCCC3)C2NC(=O)c2c(N)nn3cc(F)cnc23)CC1. The number of piperazine rings is 1. The van der Waals surface area contributed by atoms with Crippen molar-refractivity contribution in [3.8, 4) is 0 Å². The first kappa shape index (κ1) is 26.9. The molecule has 39 heavy (non-hydrogen) atoms. The zero-order valence-corrected chi connectivity index (χ0v) is 23.4. The van der Waals surface area contributed by atoms with Crippen LogP contribution in [0.3, 0.4) is 0 Å². The lowest BCUT2D eigenvalue weighted by molar-refractivity contribution is -0.0125. The van der Waals surface area contributed by atoms with E-state index in [-0.39, 0.29) is 34.9 Å². The summed E-state index contributed by atoms with van der Waals surface area (Å²) in [4.78, 5) is 23.4. The lowest BCUT2D eigenvalue weighted by atomic mass is 9.68. The predicted octanol–water partition coefficient (Wildman–Crippen LogP) is 3.06. The molecule has 4 heterocycles. The highest BCUT2D eigenvalue weighted by atomic mass is 19.1. The third-order valence-electron chi connectivity index (χ3n) is 9.98. The standard InChI is InChI=1S/C29H45FN8O/c1-36-13-15-37(16-14-36)24-22(20-9-10-20)18-33-29(11-7-5-3-2-4-6-8-12-29)25(24)34-28(39)23-26(31)35-38-19-21(30)17-32-27(23)38/h17,19-20,22,24-25,33H,2-16,18H2,1H3,(H2,31,35)(H,34,39). The number of carbonyl (C=O) groups excluding carboxylic acids is 1. The molecule has 2 aliphatic heterocycles. The summed E-state index contributed by atoms with van der Waals surface area (Å²) in [7, 11) is 2.20. The van der Waals surface area contributed by atoms with Crippen molar-refractivity contribution in [1.82, 2.24) is 35.0 Å². The minimum atomic E-state index is -0.517. The van der Waals surface area contributed by atoms with Gasteiger partial charge in [0.05, 0.1) is 18.4 Å². The fourth-order valence-electron chi connectivity index (χ4n) is 7.66. The fourth-order valence-corrected chi connectivity index (χ4v) is 7.66. The van der Waals surface area contributed by atoms with Crippen LogP contribution in [0, 0.1) is 17.7 Å². The van der Waals surface area contributed by atoms with E-state index in [4.69, 9.17) is 5.73 Å². The molecule has 2 saturated carbocycles. The van der Waals surface area contributed by atoms with Crippen LogP contribution in [0.4, 0.5) is 10.2 Å². The summed E-state index contributed by atoms with van der Waals surface area (Å²) in [5.41, 5.74) is 6.63. The number of aromatic nitrogens is 3. The van der Waals surface area contributed by atoms with Crippen LogP contribution in [0.1, 0.15) is 81.0 Å². The zero-order chi connectivity index (χ0) is 27.0. The molecule has 3 atom stereocenters. The first-order chi connectivity index (χ1) is 18.9. The molecular formula is C29H45FN8O. The van der Waals surface area contributed by atoms with Crippen molar-refractivity contribution in [2.24, 2.45) is 11.8 Å². The number of hydrogen-bond donors (Lipinski definition) is 3. The van der Waals surface area contributed by atoms with Gasteiger partial charge in [0.1, 0.15) is 5.56 Å². The minimum absolute atomic E-state index is 0.0537. The van der Waals surface area contributed by atoms with Crippen molar-refractivity contribution >= 4 is 17.4 Å². The van der Waals surface area contributed by atoms with Gasteiger partial charge in [-0.15, -0.1) is 5.10 Å². The van der Waals surface area contributed by atoms with E-state index in [1.54, 1.807) is 0 Å². The van der Waals surface area contributed by atoms with Gasteiger partial charge in [0.25, 0.3) is 5.91 Å². The van der Waals surface area contributed by atoms with Crippen LogP contribution in [-0.4, -0.2) is 87.7 Å². The molecule has 0 radical (unpaired) electrons. The molecule has 10 heteroatoms. The highest BCUT2D eigenvalue weighted by molar-refractivity contribution is 6.04. The third-order valence-corrected chi connectivity index (χ3v) is 9.98. The van der Waals surface area contributed by atoms with Crippen molar-refractivity contribution in [3.63, 3.8) is 0 Å². The lowest BCUT2D eigenvalue weighted by Crippen LogP contribution is -2.75. The summed E-state index contributed by atoms with van der Waals surface area (Å²) >= 11 is 0. The number of anilines is 1. The summed E-state index contributed by atoms with van der Waals surface area (Å²) < 4.78 is 15.1. The molecular weight excluding hydrogens is 495 g/mol. The Morgan fingerprint density at radius 1 is 1.08 bits per heavy atom. The average Bonchev–Trinajstić information content (AvgIpc) is 3.71. The molecule has 4 fully saturated rings. The number of nitrogens with zero attached hydrogens (tertiary/aromatic N) is 5. The second-order valence-corrected chi connectivity index (χ2v) is 12.6. The number of nitrogens with one attached hydrogen (secondary N) is 2. The maximum atomic E-state index is 14.1.